The van der Waals surface area contributed by atoms with E-state index in [1.807, 2.05) is 30.3 Å². The van der Waals surface area contributed by atoms with E-state index in [1.54, 1.807) is 84.9 Å². The summed E-state index contributed by atoms with van der Waals surface area (Å²) in [5.41, 5.74) is 7.73. The fraction of sp³-hybridized carbons (Fsp3) is 0. The second-order valence-corrected chi connectivity index (χ2v) is 11.1. The van der Waals surface area contributed by atoms with Crippen LogP contribution in [0, 0.1) is 0 Å². The zero-order valence-corrected chi connectivity index (χ0v) is 26.6. The minimum absolute atomic E-state index is 0.199. The Morgan fingerprint density at radius 1 is 0.353 bits per heavy atom. The number of rotatable bonds is 10. The number of benzene rings is 6. The summed E-state index contributed by atoms with van der Waals surface area (Å²) in [6.45, 7) is 0.370. The zero-order chi connectivity index (χ0) is 36.5. The van der Waals surface area contributed by atoms with Gasteiger partial charge in [-0.1, -0.05) is 60.7 Å². The summed E-state index contributed by atoms with van der Waals surface area (Å²) in [6.07, 6.45) is 0. The summed E-state index contributed by atoms with van der Waals surface area (Å²) in [5.74, 6) is -3.50. The highest BCUT2D eigenvalue weighted by molar-refractivity contribution is 5.91. The third-order valence-electron chi connectivity index (χ3n) is 7.83. The quantitative estimate of drug-likeness (QED) is 0.103. The second kappa shape index (κ2) is 15.7. The van der Waals surface area contributed by atoms with Gasteiger partial charge in [-0.3, -0.25) is 4.79 Å². The Bertz CT molecular complexity index is 2070. The molecule has 0 spiro atoms. The Hall–Kier alpha value is -7.33. The SMILES string of the molecule is O=C(O)c1ccc(-c2ccc(C(=O)O)cc2)cc1.O=COc1ccc(-c2cc(-c3ccc(C(=O)O)cc3)cc(-c3ccc(C(=O)O)cc3)c2)cc1. The smallest absolute Gasteiger partial charge is 0.335 e. The molecule has 0 saturated heterocycles. The van der Waals surface area contributed by atoms with Crippen molar-refractivity contribution in [1.29, 1.82) is 0 Å². The molecule has 0 aliphatic carbocycles. The lowest BCUT2D eigenvalue weighted by molar-refractivity contribution is -0.120. The summed E-state index contributed by atoms with van der Waals surface area (Å²) in [6, 6.07) is 39.1. The van der Waals surface area contributed by atoms with Gasteiger partial charge in [-0.15, -0.1) is 0 Å². The van der Waals surface area contributed by atoms with Crippen LogP contribution >= 0.6 is 0 Å². The van der Waals surface area contributed by atoms with Gasteiger partial charge in [0.05, 0.1) is 22.3 Å². The van der Waals surface area contributed by atoms with E-state index >= 15 is 0 Å². The van der Waals surface area contributed by atoms with E-state index in [0.717, 1.165) is 44.5 Å². The first-order valence-corrected chi connectivity index (χ1v) is 15.2. The van der Waals surface area contributed by atoms with Crippen LogP contribution in [-0.2, 0) is 4.79 Å². The van der Waals surface area contributed by atoms with Crippen LogP contribution in [-0.4, -0.2) is 50.8 Å². The minimum Gasteiger partial charge on any atom is -0.478 e. The van der Waals surface area contributed by atoms with E-state index in [4.69, 9.17) is 14.9 Å². The topological polar surface area (TPSA) is 175 Å². The van der Waals surface area contributed by atoms with Gasteiger partial charge in [-0.25, -0.2) is 19.2 Å². The van der Waals surface area contributed by atoms with Crippen LogP contribution in [0.1, 0.15) is 41.4 Å². The first-order chi connectivity index (χ1) is 24.5. The average Bonchev–Trinajstić information content (AvgIpc) is 3.15. The van der Waals surface area contributed by atoms with E-state index < -0.39 is 23.9 Å². The molecular weight excluding hydrogens is 652 g/mol. The van der Waals surface area contributed by atoms with E-state index in [9.17, 15) is 34.2 Å². The zero-order valence-electron chi connectivity index (χ0n) is 26.6. The highest BCUT2D eigenvalue weighted by atomic mass is 16.5. The molecule has 252 valence electrons. The molecular formula is C41H28O10. The van der Waals surface area contributed by atoms with Crippen molar-refractivity contribution in [3.63, 3.8) is 0 Å². The van der Waals surface area contributed by atoms with Gasteiger partial charge >= 0.3 is 23.9 Å². The largest absolute Gasteiger partial charge is 0.478 e. The fourth-order valence-corrected chi connectivity index (χ4v) is 5.13. The summed E-state index contributed by atoms with van der Waals surface area (Å²) in [4.78, 5) is 54.4. The lowest BCUT2D eigenvalue weighted by Gasteiger charge is -2.12. The van der Waals surface area contributed by atoms with Crippen molar-refractivity contribution >= 4 is 30.3 Å². The van der Waals surface area contributed by atoms with Gasteiger partial charge < -0.3 is 25.2 Å². The lowest BCUT2D eigenvalue weighted by Crippen LogP contribution is -1.96. The maximum absolute atomic E-state index is 11.2. The van der Waals surface area contributed by atoms with Crippen molar-refractivity contribution in [3.8, 4) is 50.3 Å². The summed E-state index contributed by atoms with van der Waals surface area (Å²) in [7, 11) is 0. The van der Waals surface area contributed by atoms with Crippen molar-refractivity contribution in [2.24, 2.45) is 0 Å². The van der Waals surface area contributed by atoms with Gasteiger partial charge in [0.1, 0.15) is 5.75 Å². The van der Waals surface area contributed by atoms with Crippen LogP contribution < -0.4 is 4.74 Å². The Labute approximate surface area is 291 Å². The Morgan fingerprint density at radius 2 is 0.569 bits per heavy atom. The van der Waals surface area contributed by atoms with Gasteiger partial charge in [0.2, 0.25) is 0 Å². The first kappa shape index (κ1) is 35.0. The lowest BCUT2D eigenvalue weighted by atomic mass is 9.92. The number of carbonyl (C=O) groups is 5. The van der Waals surface area contributed by atoms with Crippen molar-refractivity contribution in [2.45, 2.75) is 0 Å². The van der Waals surface area contributed by atoms with Gasteiger partial charge in [0.25, 0.3) is 6.47 Å². The average molecular weight is 681 g/mol. The minimum atomic E-state index is -0.993. The number of aromatic carboxylic acids is 4. The molecule has 0 unspecified atom stereocenters. The third-order valence-corrected chi connectivity index (χ3v) is 7.83. The Kier molecular flexibility index (Phi) is 10.8. The predicted molar refractivity (Wildman–Crippen MR) is 189 cm³/mol. The fourth-order valence-electron chi connectivity index (χ4n) is 5.13. The second-order valence-electron chi connectivity index (χ2n) is 11.1. The molecule has 0 bridgehead atoms. The standard InChI is InChI=1S/C27H18O6.C14H10O4/c28-16-33-25-11-9-19(10-12-25)24-14-22(17-1-5-20(6-2-17)26(29)30)13-23(15-24)18-3-7-21(8-4-18)27(31)32;15-13(16)11-5-1-9(2-6-11)10-3-7-12(8-4-10)14(17)18/h1-16H,(H,29,30)(H,31,32);1-8H,(H,15,16)(H,17,18). The molecule has 0 saturated carbocycles. The number of hydrogen-bond acceptors (Lipinski definition) is 6. The van der Waals surface area contributed by atoms with E-state index in [-0.39, 0.29) is 22.3 Å². The van der Waals surface area contributed by atoms with Crippen LogP contribution in [0.15, 0.2) is 140 Å². The Balaban J connectivity index is 0.000000236. The molecule has 51 heavy (non-hydrogen) atoms. The number of hydrogen-bond donors (Lipinski definition) is 4. The first-order valence-electron chi connectivity index (χ1n) is 15.2. The molecule has 6 rings (SSSR count). The van der Waals surface area contributed by atoms with Crippen molar-refractivity contribution in [3.05, 3.63) is 162 Å². The number of carbonyl (C=O) groups excluding carboxylic acids is 1. The van der Waals surface area contributed by atoms with Gasteiger partial charge in [0, 0.05) is 0 Å². The molecule has 0 radical (unpaired) electrons. The predicted octanol–water partition coefficient (Wildman–Crippen LogP) is 8.37. The highest BCUT2D eigenvalue weighted by Crippen LogP contribution is 2.34. The molecule has 0 atom stereocenters. The van der Waals surface area contributed by atoms with Gasteiger partial charge in [-0.05, 0) is 123 Å². The summed E-state index contributed by atoms with van der Waals surface area (Å²) in [5, 5.41) is 35.9. The molecule has 10 nitrogen and oxygen atoms in total. The van der Waals surface area contributed by atoms with E-state index in [2.05, 4.69) is 0 Å². The molecule has 0 fully saturated rings. The van der Waals surface area contributed by atoms with Crippen molar-refractivity contribution < 1.29 is 49.1 Å². The molecule has 0 aromatic heterocycles. The van der Waals surface area contributed by atoms with E-state index in [1.165, 1.54) is 24.3 Å². The van der Waals surface area contributed by atoms with Crippen molar-refractivity contribution in [1.82, 2.24) is 0 Å². The van der Waals surface area contributed by atoms with Gasteiger partial charge in [-0.2, -0.15) is 0 Å². The number of ether oxygens (including phenoxy) is 1. The molecule has 0 aliphatic heterocycles. The van der Waals surface area contributed by atoms with Crippen LogP contribution in [0.2, 0.25) is 0 Å². The maximum Gasteiger partial charge on any atom is 0.335 e. The molecule has 0 aliphatic rings. The van der Waals surface area contributed by atoms with Crippen LogP contribution in [0.4, 0.5) is 0 Å². The van der Waals surface area contributed by atoms with Gasteiger partial charge in [0.15, 0.2) is 0 Å². The van der Waals surface area contributed by atoms with Crippen molar-refractivity contribution in [2.75, 3.05) is 0 Å². The maximum atomic E-state index is 11.2. The molecule has 4 N–H and O–H groups in total. The molecule has 0 amide bonds. The number of carboxylic acids is 4. The normalized spacial score (nSPS) is 10.3. The van der Waals surface area contributed by atoms with Crippen LogP contribution in [0.5, 0.6) is 5.75 Å². The highest BCUT2D eigenvalue weighted by Gasteiger charge is 2.11. The molecule has 0 heterocycles. The van der Waals surface area contributed by atoms with E-state index in [0.29, 0.717) is 12.2 Å². The molecule has 6 aromatic rings. The van der Waals surface area contributed by atoms with Crippen LogP contribution in [0.25, 0.3) is 44.5 Å². The Morgan fingerprint density at radius 3 is 0.784 bits per heavy atom. The molecule has 6 aromatic carbocycles. The number of carboxylic acid groups (broad SMARTS) is 4. The monoisotopic (exact) mass is 680 g/mol. The summed E-state index contributed by atoms with van der Waals surface area (Å²) >= 11 is 0. The summed E-state index contributed by atoms with van der Waals surface area (Å²) < 4.78 is 4.87. The molecule has 10 heteroatoms. The van der Waals surface area contributed by atoms with Crippen LogP contribution in [0.3, 0.4) is 0 Å². The third kappa shape index (κ3) is 8.78.